The highest BCUT2D eigenvalue weighted by Crippen LogP contribution is 2.16. The summed E-state index contributed by atoms with van der Waals surface area (Å²) in [6, 6.07) is 0. The van der Waals surface area contributed by atoms with Gasteiger partial charge in [0.15, 0.2) is 6.10 Å². The summed E-state index contributed by atoms with van der Waals surface area (Å²) < 4.78 is 16.8. The van der Waals surface area contributed by atoms with Crippen molar-refractivity contribution < 1.29 is 28.6 Å². The van der Waals surface area contributed by atoms with Gasteiger partial charge in [-0.1, -0.05) is 237 Å². The van der Waals surface area contributed by atoms with Crippen molar-refractivity contribution in [2.45, 2.75) is 284 Å². The predicted molar refractivity (Wildman–Crippen MR) is 261 cm³/mol. The number of unbranched alkanes of at least 4 members (excludes halogenated alkanes) is 31. The van der Waals surface area contributed by atoms with Crippen LogP contribution in [0.2, 0.25) is 0 Å². The largest absolute Gasteiger partial charge is 0.462 e. The molecule has 0 fully saturated rings. The van der Waals surface area contributed by atoms with Crippen molar-refractivity contribution in [1.29, 1.82) is 0 Å². The second-order valence-corrected chi connectivity index (χ2v) is 17.8. The zero-order chi connectivity index (χ0) is 44.4. The first kappa shape index (κ1) is 58.6. The highest BCUT2D eigenvalue weighted by molar-refractivity contribution is 5.71. The lowest BCUT2D eigenvalue weighted by atomic mass is 10.0. The molecule has 0 aromatic heterocycles. The molecule has 0 rings (SSSR count). The van der Waals surface area contributed by atoms with Gasteiger partial charge in [-0.3, -0.25) is 14.4 Å². The predicted octanol–water partition coefficient (Wildman–Crippen LogP) is 17.3. The summed E-state index contributed by atoms with van der Waals surface area (Å²) in [7, 11) is 0. The van der Waals surface area contributed by atoms with E-state index in [9.17, 15) is 14.4 Å². The van der Waals surface area contributed by atoms with Crippen molar-refractivity contribution in [2.24, 2.45) is 0 Å². The van der Waals surface area contributed by atoms with Crippen molar-refractivity contribution in [3.05, 3.63) is 36.5 Å². The standard InChI is InChI=1S/C55H100O6/c1-4-7-10-13-16-19-21-23-25-26-27-28-30-31-33-36-39-42-45-48-54(57)60-51-52(50-59-53(56)47-44-41-38-35-18-15-12-9-6-3)61-55(58)49-46-43-40-37-34-32-29-24-22-20-17-14-11-8-5-2/h16,19,23,25,27-28,52H,4-15,17-18,20-22,24,26,29-51H2,1-3H3/b19-16-,25-23-,28-27-/t52-/m1/s1. The van der Waals surface area contributed by atoms with Crippen LogP contribution in [0.15, 0.2) is 36.5 Å². The van der Waals surface area contributed by atoms with Gasteiger partial charge in [0.25, 0.3) is 0 Å². The highest BCUT2D eigenvalue weighted by atomic mass is 16.6. The van der Waals surface area contributed by atoms with Crippen molar-refractivity contribution >= 4 is 17.9 Å². The fourth-order valence-corrected chi connectivity index (χ4v) is 7.63. The second kappa shape index (κ2) is 50.3. The molecule has 0 aromatic rings. The van der Waals surface area contributed by atoms with Crippen LogP contribution in [-0.4, -0.2) is 37.2 Å². The molecule has 1 atom stereocenters. The average molecular weight is 857 g/mol. The molecule has 0 saturated carbocycles. The molecule has 0 amide bonds. The molecule has 0 heterocycles. The van der Waals surface area contributed by atoms with Gasteiger partial charge in [0.1, 0.15) is 13.2 Å². The smallest absolute Gasteiger partial charge is 0.306 e. The van der Waals surface area contributed by atoms with Crippen LogP contribution in [0.4, 0.5) is 0 Å². The van der Waals surface area contributed by atoms with Gasteiger partial charge >= 0.3 is 17.9 Å². The maximum atomic E-state index is 12.8. The van der Waals surface area contributed by atoms with E-state index in [1.807, 2.05) is 0 Å². The first-order chi connectivity index (χ1) is 30.0. The molecule has 6 nitrogen and oxygen atoms in total. The minimum Gasteiger partial charge on any atom is -0.462 e. The minimum atomic E-state index is -0.771. The lowest BCUT2D eigenvalue weighted by molar-refractivity contribution is -0.167. The first-order valence-electron chi connectivity index (χ1n) is 26.5. The van der Waals surface area contributed by atoms with Crippen LogP contribution in [0.5, 0.6) is 0 Å². The van der Waals surface area contributed by atoms with E-state index in [0.717, 1.165) is 77.0 Å². The van der Waals surface area contributed by atoms with Gasteiger partial charge in [0.2, 0.25) is 0 Å². The molecule has 0 aliphatic rings. The van der Waals surface area contributed by atoms with Crippen LogP contribution >= 0.6 is 0 Å². The van der Waals surface area contributed by atoms with Gasteiger partial charge < -0.3 is 14.2 Å². The van der Waals surface area contributed by atoms with Crippen LogP contribution in [0.3, 0.4) is 0 Å². The van der Waals surface area contributed by atoms with E-state index in [0.29, 0.717) is 19.3 Å². The Morgan fingerprint density at radius 3 is 0.951 bits per heavy atom. The Hall–Kier alpha value is -2.37. The van der Waals surface area contributed by atoms with Gasteiger partial charge in [-0.05, 0) is 57.8 Å². The fraction of sp³-hybridized carbons (Fsp3) is 0.836. The Kier molecular flexibility index (Phi) is 48.3. The highest BCUT2D eigenvalue weighted by Gasteiger charge is 2.19. The van der Waals surface area contributed by atoms with E-state index < -0.39 is 6.10 Å². The minimum absolute atomic E-state index is 0.0725. The second-order valence-electron chi connectivity index (χ2n) is 17.8. The molecular weight excluding hydrogens is 757 g/mol. The van der Waals surface area contributed by atoms with Crippen molar-refractivity contribution in [1.82, 2.24) is 0 Å². The van der Waals surface area contributed by atoms with E-state index in [1.165, 1.54) is 161 Å². The Morgan fingerprint density at radius 2 is 0.590 bits per heavy atom. The monoisotopic (exact) mass is 857 g/mol. The Morgan fingerprint density at radius 1 is 0.328 bits per heavy atom. The first-order valence-corrected chi connectivity index (χ1v) is 26.5. The van der Waals surface area contributed by atoms with Crippen molar-refractivity contribution in [3.8, 4) is 0 Å². The Bertz CT molecular complexity index is 1030. The summed E-state index contributed by atoms with van der Waals surface area (Å²) >= 11 is 0. The lowest BCUT2D eigenvalue weighted by Crippen LogP contribution is -2.30. The maximum Gasteiger partial charge on any atom is 0.306 e. The summed E-state index contributed by atoms with van der Waals surface area (Å²) in [4.78, 5) is 37.9. The van der Waals surface area contributed by atoms with Crippen molar-refractivity contribution in [2.75, 3.05) is 13.2 Å². The van der Waals surface area contributed by atoms with Crippen LogP contribution < -0.4 is 0 Å². The molecule has 0 unspecified atom stereocenters. The molecule has 0 N–H and O–H groups in total. The molecular formula is C55H100O6. The van der Waals surface area contributed by atoms with E-state index in [4.69, 9.17) is 14.2 Å². The number of ether oxygens (including phenoxy) is 3. The Labute approximate surface area is 378 Å². The number of hydrogen-bond acceptors (Lipinski definition) is 6. The third-order valence-corrected chi connectivity index (χ3v) is 11.6. The normalized spacial score (nSPS) is 12.2. The van der Waals surface area contributed by atoms with Crippen LogP contribution in [0.1, 0.15) is 278 Å². The molecule has 0 bridgehead atoms. The molecule has 0 spiro atoms. The molecule has 6 heteroatoms. The van der Waals surface area contributed by atoms with E-state index in [1.54, 1.807) is 0 Å². The van der Waals surface area contributed by atoms with Gasteiger partial charge in [0.05, 0.1) is 0 Å². The molecule has 0 radical (unpaired) electrons. The summed E-state index contributed by atoms with van der Waals surface area (Å²) in [5.41, 5.74) is 0. The van der Waals surface area contributed by atoms with Crippen LogP contribution in [0, 0.1) is 0 Å². The average Bonchev–Trinajstić information content (AvgIpc) is 3.26. The molecule has 356 valence electrons. The van der Waals surface area contributed by atoms with Gasteiger partial charge in [-0.25, -0.2) is 0 Å². The summed E-state index contributed by atoms with van der Waals surface area (Å²) in [5.74, 6) is -0.876. The summed E-state index contributed by atoms with van der Waals surface area (Å²) in [6.07, 6.45) is 58.4. The third-order valence-electron chi connectivity index (χ3n) is 11.6. The number of allylic oxidation sites excluding steroid dienone is 6. The number of rotatable bonds is 48. The number of hydrogen-bond donors (Lipinski definition) is 0. The van der Waals surface area contributed by atoms with Crippen LogP contribution in [-0.2, 0) is 28.6 Å². The molecule has 0 aliphatic heterocycles. The SMILES string of the molecule is CCCCC/C=C\C/C=C\C/C=C\CCCCCCCCC(=O)OC[C@@H](COC(=O)CCCCCCCCCCC)OC(=O)CCCCCCCCCCCCCCCCC. The zero-order valence-corrected chi connectivity index (χ0v) is 40.7. The quantitative estimate of drug-likeness (QED) is 0.0262. The maximum absolute atomic E-state index is 12.8. The fourth-order valence-electron chi connectivity index (χ4n) is 7.63. The zero-order valence-electron chi connectivity index (χ0n) is 40.7. The van der Waals surface area contributed by atoms with Crippen molar-refractivity contribution in [3.63, 3.8) is 0 Å². The molecule has 61 heavy (non-hydrogen) atoms. The van der Waals surface area contributed by atoms with Gasteiger partial charge in [0, 0.05) is 19.3 Å². The molecule has 0 aliphatic carbocycles. The van der Waals surface area contributed by atoms with Gasteiger partial charge in [-0.15, -0.1) is 0 Å². The van der Waals surface area contributed by atoms with E-state index in [-0.39, 0.29) is 31.1 Å². The number of carbonyl (C=O) groups excluding carboxylic acids is 3. The molecule has 0 aromatic carbocycles. The summed E-state index contributed by atoms with van der Waals surface area (Å²) in [6.45, 7) is 6.61. The number of esters is 3. The van der Waals surface area contributed by atoms with E-state index >= 15 is 0 Å². The topological polar surface area (TPSA) is 78.9 Å². The lowest BCUT2D eigenvalue weighted by Gasteiger charge is -2.18. The third kappa shape index (κ3) is 48.5. The molecule has 0 saturated heterocycles. The van der Waals surface area contributed by atoms with E-state index in [2.05, 4.69) is 57.2 Å². The number of carbonyl (C=O) groups is 3. The Balaban J connectivity index is 4.30. The van der Waals surface area contributed by atoms with Crippen LogP contribution in [0.25, 0.3) is 0 Å². The van der Waals surface area contributed by atoms with Gasteiger partial charge in [-0.2, -0.15) is 0 Å². The summed E-state index contributed by atoms with van der Waals surface area (Å²) in [5, 5.41) is 0.